The van der Waals surface area contributed by atoms with Gasteiger partial charge in [0.25, 0.3) is 0 Å². The second kappa shape index (κ2) is 9.49. The standard InChI is InChI=1S/C20H36FNO2/c1-23-20-9-6-17(15-19(20)21)14-16-4-7-18(8-5-16)24-13-12-22-10-2-3-11-22/h16-20H,2-15H2,1H3. The highest BCUT2D eigenvalue weighted by molar-refractivity contribution is 4.83. The first-order valence-corrected chi connectivity index (χ1v) is 10.3. The van der Waals surface area contributed by atoms with Gasteiger partial charge in [-0.05, 0) is 89.1 Å². The van der Waals surface area contributed by atoms with Crippen LogP contribution in [0, 0.1) is 11.8 Å². The van der Waals surface area contributed by atoms with E-state index >= 15 is 0 Å². The molecule has 0 amide bonds. The van der Waals surface area contributed by atoms with Crippen LogP contribution in [0.4, 0.5) is 4.39 Å². The molecule has 1 heterocycles. The summed E-state index contributed by atoms with van der Waals surface area (Å²) in [6.07, 6.45) is 11.2. The van der Waals surface area contributed by atoms with Gasteiger partial charge in [0.15, 0.2) is 0 Å². The van der Waals surface area contributed by atoms with Crippen molar-refractivity contribution in [1.29, 1.82) is 0 Å². The van der Waals surface area contributed by atoms with Crippen molar-refractivity contribution in [3.05, 3.63) is 0 Å². The lowest BCUT2D eigenvalue weighted by atomic mass is 9.76. The third kappa shape index (κ3) is 5.40. The molecule has 2 saturated carbocycles. The second-order valence-corrected chi connectivity index (χ2v) is 8.27. The van der Waals surface area contributed by atoms with Gasteiger partial charge < -0.3 is 14.4 Å². The molecule has 3 unspecified atom stereocenters. The van der Waals surface area contributed by atoms with Crippen LogP contribution >= 0.6 is 0 Å². The fourth-order valence-electron chi connectivity index (χ4n) is 5.01. The molecule has 0 aromatic carbocycles. The zero-order valence-corrected chi connectivity index (χ0v) is 15.4. The number of nitrogens with zero attached hydrogens (tertiary/aromatic N) is 1. The molecule has 0 N–H and O–H groups in total. The van der Waals surface area contributed by atoms with Gasteiger partial charge in [0.05, 0.1) is 18.8 Å². The van der Waals surface area contributed by atoms with E-state index in [1.807, 2.05) is 0 Å². The highest BCUT2D eigenvalue weighted by atomic mass is 19.1. The van der Waals surface area contributed by atoms with Gasteiger partial charge in [-0.1, -0.05) is 0 Å². The van der Waals surface area contributed by atoms with Crippen LogP contribution in [0.15, 0.2) is 0 Å². The van der Waals surface area contributed by atoms with E-state index in [1.165, 1.54) is 58.0 Å². The van der Waals surface area contributed by atoms with Crippen molar-refractivity contribution >= 4 is 0 Å². The van der Waals surface area contributed by atoms with Crippen LogP contribution in [0.1, 0.15) is 64.2 Å². The molecule has 3 atom stereocenters. The van der Waals surface area contributed by atoms with Gasteiger partial charge in [0.1, 0.15) is 6.17 Å². The molecule has 4 heteroatoms. The summed E-state index contributed by atoms with van der Waals surface area (Å²) in [5.41, 5.74) is 0. The van der Waals surface area contributed by atoms with E-state index in [0.717, 1.165) is 31.9 Å². The lowest BCUT2D eigenvalue weighted by Gasteiger charge is -2.35. The summed E-state index contributed by atoms with van der Waals surface area (Å²) in [5, 5.41) is 0. The summed E-state index contributed by atoms with van der Waals surface area (Å²) in [4.78, 5) is 2.52. The molecule has 24 heavy (non-hydrogen) atoms. The van der Waals surface area contributed by atoms with Gasteiger partial charge in [0, 0.05) is 13.7 Å². The Kier molecular flexibility index (Phi) is 7.35. The van der Waals surface area contributed by atoms with Crippen molar-refractivity contribution < 1.29 is 13.9 Å². The number of methoxy groups -OCH3 is 1. The third-order valence-electron chi connectivity index (χ3n) is 6.54. The van der Waals surface area contributed by atoms with Crippen molar-refractivity contribution in [1.82, 2.24) is 4.90 Å². The molecule has 140 valence electrons. The third-order valence-corrected chi connectivity index (χ3v) is 6.54. The van der Waals surface area contributed by atoms with Crippen LogP contribution in [0.2, 0.25) is 0 Å². The Hall–Kier alpha value is -0.190. The van der Waals surface area contributed by atoms with Crippen LogP contribution < -0.4 is 0 Å². The van der Waals surface area contributed by atoms with Crippen LogP contribution in [0.3, 0.4) is 0 Å². The zero-order chi connectivity index (χ0) is 16.8. The maximum absolute atomic E-state index is 14.0. The highest BCUT2D eigenvalue weighted by Gasteiger charge is 2.32. The summed E-state index contributed by atoms with van der Waals surface area (Å²) >= 11 is 0. The minimum atomic E-state index is -0.751. The largest absolute Gasteiger partial charge is 0.378 e. The molecule has 3 aliphatic rings. The predicted molar refractivity (Wildman–Crippen MR) is 95.0 cm³/mol. The first kappa shape index (κ1) is 18.6. The molecule has 3 rings (SSSR count). The lowest BCUT2D eigenvalue weighted by molar-refractivity contribution is -0.0181. The molecule has 0 aromatic heterocycles. The average molecular weight is 342 g/mol. The van der Waals surface area contributed by atoms with Gasteiger partial charge in [-0.15, -0.1) is 0 Å². The number of likely N-dealkylation sites (tertiary alicyclic amines) is 1. The van der Waals surface area contributed by atoms with Crippen molar-refractivity contribution in [2.75, 3.05) is 33.4 Å². The fourth-order valence-corrected chi connectivity index (χ4v) is 5.01. The first-order valence-electron chi connectivity index (χ1n) is 10.3. The molecule has 3 fully saturated rings. The van der Waals surface area contributed by atoms with Crippen LogP contribution in [-0.4, -0.2) is 56.6 Å². The van der Waals surface area contributed by atoms with Gasteiger partial charge in [-0.2, -0.15) is 0 Å². The zero-order valence-electron chi connectivity index (χ0n) is 15.4. The van der Waals surface area contributed by atoms with E-state index in [1.54, 1.807) is 7.11 Å². The average Bonchev–Trinajstić information content (AvgIpc) is 3.10. The molecular weight excluding hydrogens is 305 g/mol. The van der Waals surface area contributed by atoms with Crippen molar-refractivity contribution in [3.63, 3.8) is 0 Å². The summed E-state index contributed by atoms with van der Waals surface area (Å²) < 4.78 is 25.4. The Morgan fingerprint density at radius 1 is 0.958 bits per heavy atom. The van der Waals surface area contributed by atoms with Crippen LogP contribution in [0.5, 0.6) is 0 Å². The van der Waals surface area contributed by atoms with Gasteiger partial charge in [0.2, 0.25) is 0 Å². The van der Waals surface area contributed by atoms with Crippen molar-refractivity contribution in [2.24, 2.45) is 11.8 Å². The highest BCUT2D eigenvalue weighted by Crippen LogP contribution is 2.37. The maximum atomic E-state index is 14.0. The summed E-state index contributed by atoms with van der Waals surface area (Å²) in [6.45, 7) is 4.54. The SMILES string of the molecule is COC1CCC(CC2CCC(OCCN3CCCC3)CC2)CC1F. The van der Waals surface area contributed by atoms with Crippen molar-refractivity contribution in [3.8, 4) is 0 Å². The van der Waals surface area contributed by atoms with E-state index in [-0.39, 0.29) is 6.10 Å². The normalized spacial score (nSPS) is 38.5. The fraction of sp³-hybridized carbons (Fsp3) is 1.00. The van der Waals surface area contributed by atoms with E-state index in [0.29, 0.717) is 18.4 Å². The number of alkyl halides is 1. The number of ether oxygens (including phenoxy) is 2. The topological polar surface area (TPSA) is 21.7 Å². The number of hydrogen-bond acceptors (Lipinski definition) is 3. The first-order chi connectivity index (χ1) is 11.7. The van der Waals surface area contributed by atoms with E-state index in [9.17, 15) is 4.39 Å². The molecular formula is C20H36FNO2. The van der Waals surface area contributed by atoms with Gasteiger partial charge >= 0.3 is 0 Å². The monoisotopic (exact) mass is 341 g/mol. The summed E-state index contributed by atoms with van der Waals surface area (Å²) in [5.74, 6) is 1.36. The van der Waals surface area contributed by atoms with Crippen LogP contribution in [0.25, 0.3) is 0 Å². The van der Waals surface area contributed by atoms with E-state index in [2.05, 4.69) is 4.90 Å². The van der Waals surface area contributed by atoms with E-state index in [4.69, 9.17) is 9.47 Å². The molecule has 0 bridgehead atoms. The molecule has 1 saturated heterocycles. The Labute approximate surface area is 147 Å². The van der Waals surface area contributed by atoms with Crippen LogP contribution in [-0.2, 0) is 9.47 Å². The summed E-state index contributed by atoms with van der Waals surface area (Å²) in [6, 6.07) is 0. The number of hydrogen-bond donors (Lipinski definition) is 0. The summed E-state index contributed by atoms with van der Waals surface area (Å²) in [7, 11) is 1.64. The lowest BCUT2D eigenvalue weighted by Crippen LogP contribution is -2.33. The predicted octanol–water partition coefficient (Wildman–Crippen LogP) is 4.20. The van der Waals surface area contributed by atoms with Gasteiger partial charge in [-0.3, -0.25) is 0 Å². The molecule has 0 radical (unpaired) electrons. The Balaban J connectivity index is 1.28. The quantitative estimate of drug-likeness (QED) is 0.693. The van der Waals surface area contributed by atoms with Crippen molar-refractivity contribution in [2.45, 2.75) is 82.6 Å². The van der Waals surface area contributed by atoms with E-state index < -0.39 is 6.17 Å². The Morgan fingerprint density at radius 2 is 1.67 bits per heavy atom. The molecule has 1 aliphatic heterocycles. The molecule has 3 nitrogen and oxygen atoms in total. The number of rotatable bonds is 7. The smallest absolute Gasteiger partial charge is 0.126 e. The van der Waals surface area contributed by atoms with Gasteiger partial charge in [-0.25, -0.2) is 4.39 Å². The molecule has 0 spiro atoms. The minimum absolute atomic E-state index is 0.152. The molecule has 0 aromatic rings. The minimum Gasteiger partial charge on any atom is -0.378 e. The number of halogens is 1. The Bertz CT molecular complexity index is 354. The molecule has 2 aliphatic carbocycles. The Morgan fingerprint density at radius 3 is 2.33 bits per heavy atom. The second-order valence-electron chi connectivity index (χ2n) is 8.27. The maximum Gasteiger partial charge on any atom is 0.126 e.